The molecule has 3 aromatic rings. The summed E-state index contributed by atoms with van der Waals surface area (Å²) in [5.41, 5.74) is 6.91. The molecule has 1 aromatic heterocycles. The maximum atomic E-state index is 12.2. The van der Waals surface area contributed by atoms with E-state index in [9.17, 15) is 4.79 Å². The highest BCUT2D eigenvalue weighted by Crippen LogP contribution is 2.20. The number of hydrogen-bond acceptors (Lipinski definition) is 7. The first-order valence-corrected chi connectivity index (χ1v) is 9.97. The van der Waals surface area contributed by atoms with Crippen LogP contribution in [0, 0.1) is 0 Å². The molecule has 0 atom stereocenters. The van der Waals surface area contributed by atoms with Gasteiger partial charge in [-0.2, -0.15) is 15.0 Å². The summed E-state index contributed by atoms with van der Waals surface area (Å²) in [6.45, 7) is 1.80. The Hall–Kier alpha value is -3.88. The molecule has 1 fully saturated rings. The van der Waals surface area contributed by atoms with Gasteiger partial charge in [0.05, 0.1) is 0 Å². The number of nitrogens with zero attached hydrogens (tertiary/aromatic N) is 4. The first kappa shape index (κ1) is 19.4. The average molecular weight is 404 g/mol. The highest BCUT2D eigenvalue weighted by Gasteiger charge is 2.16. The van der Waals surface area contributed by atoms with Crippen molar-refractivity contribution in [2.75, 3.05) is 34.0 Å². The van der Waals surface area contributed by atoms with E-state index in [0.717, 1.165) is 31.6 Å². The molecule has 0 spiro atoms. The minimum Gasteiger partial charge on any atom is -0.341 e. The van der Waals surface area contributed by atoms with E-state index in [1.165, 1.54) is 6.42 Å². The van der Waals surface area contributed by atoms with Gasteiger partial charge >= 0.3 is 6.03 Å². The van der Waals surface area contributed by atoms with Crippen LogP contribution in [0.25, 0.3) is 0 Å². The van der Waals surface area contributed by atoms with Crippen LogP contribution < -0.4 is 26.4 Å². The van der Waals surface area contributed by atoms with E-state index in [2.05, 4.69) is 41.3 Å². The van der Waals surface area contributed by atoms with Gasteiger partial charge in [-0.05, 0) is 43.5 Å². The molecule has 30 heavy (non-hydrogen) atoms. The first-order valence-electron chi connectivity index (χ1n) is 9.97. The summed E-state index contributed by atoms with van der Waals surface area (Å²) in [6.07, 6.45) is 3.42. The van der Waals surface area contributed by atoms with Crippen molar-refractivity contribution in [3.63, 3.8) is 0 Å². The Morgan fingerprint density at radius 2 is 1.40 bits per heavy atom. The summed E-state index contributed by atoms with van der Waals surface area (Å²) in [5, 5.41) is 5.93. The number of rotatable bonds is 6. The molecular formula is C21H24N8O. The van der Waals surface area contributed by atoms with Gasteiger partial charge in [0.15, 0.2) is 0 Å². The summed E-state index contributed by atoms with van der Waals surface area (Å²) in [5.74, 6) is 1.24. The lowest BCUT2D eigenvalue weighted by atomic mass is 10.1. The molecule has 2 amide bonds. The number of piperidine rings is 1. The zero-order valence-corrected chi connectivity index (χ0v) is 16.5. The number of carbonyl (C=O) groups excluding carboxylic acids is 1. The lowest BCUT2D eigenvalue weighted by molar-refractivity contribution is 0.253. The highest BCUT2D eigenvalue weighted by molar-refractivity contribution is 5.89. The normalized spacial score (nSPS) is 13.4. The Balaban J connectivity index is 1.48. The largest absolute Gasteiger partial charge is 0.341 e. The topological polar surface area (TPSA) is 107 Å². The average Bonchev–Trinajstić information content (AvgIpc) is 2.79. The molecule has 0 bridgehead atoms. The number of anilines is 5. The number of nitrogens with one attached hydrogen (secondary N) is 4. The Morgan fingerprint density at radius 1 is 0.767 bits per heavy atom. The van der Waals surface area contributed by atoms with Gasteiger partial charge in [0.1, 0.15) is 0 Å². The zero-order valence-electron chi connectivity index (χ0n) is 16.5. The van der Waals surface area contributed by atoms with Gasteiger partial charge in [-0.15, -0.1) is 0 Å². The maximum absolute atomic E-state index is 12.2. The van der Waals surface area contributed by atoms with E-state index >= 15 is 0 Å². The second-order valence-electron chi connectivity index (χ2n) is 6.89. The van der Waals surface area contributed by atoms with E-state index in [-0.39, 0.29) is 5.95 Å². The van der Waals surface area contributed by atoms with Gasteiger partial charge < -0.3 is 15.5 Å². The number of para-hydroxylation sites is 2. The number of hydrogen-bond donors (Lipinski definition) is 4. The van der Waals surface area contributed by atoms with E-state index in [1.54, 1.807) is 12.1 Å². The van der Waals surface area contributed by atoms with Crippen molar-refractivity contribution in [3.05, 3.63) is 60.7 Å². The molecule has 4 N–H and O–H groups in total. The second-order valence-corrected chi connectivity index (χ2v) is 6.89. The predicted molar refractivity (Wildman–Crippen MR) is 118 cm³/mol. The number of urea groups is 1. The summed E-state index contributed by atoms with van der Waals surface area (Å²) < 4.78 is 0. The van der Waals surface area contributed by atoms with Gasteiger partial charge in [0.25, 0.3) is 0 Å². The monoisotopic (exact) mass is 404 g/mol. The number of carbonyl (C=O) groups is 1. The summed E-state index contributed by atoms with van der Waals surface area (Å²) in [6, 6.07) is 18.5. The third-order valence-corrected chi connectivity index (χ3v) is 4.61. The van der Waals surface area contributed by atoms with E-state index in [1.807, 2.05) is 48.5 Å². The van der Waals surface area contributed by atoms with Crippen LogP contribution in [0.4, 0.5) is 34.0 Å². The van der Waals surface area contributed by atoms with Crippen molar-refractivity contribution in [2.45, 2.75) is 19.3 Å². The Morgan fingerprint density at radius 3 is 2.10 bits per heavy atom. The number of amides is 2. The lowest BCUT2D eigenvalue weighted by Crippen LogP contribution is -2.35. The van der Waals surface area contributed by atoms with Gasteiger partial charge in [-0.25, -0.2) is 10.2 Å². The summed E-state index contributed by atoms with van der Waals surface area (Å²) >= 11 is 0. The molecule has 0 radical (unpaired) electrons. The van der Waals surface area contributed by atoms with Crippen LogP contribution in [0.5, 0.6) is 0 Å². The van der Waals surface area contributed by atoms with E-state index < -0.39 is 6.03 Å². The fourth-order valence-corrected chi connectivity index (χ4v) is 3.16. The van der Waals surface area contributed by atoms with Crippen molar-refractivity contribution in [1.29, 1.82) is 0 Å². The third kappa shape index (κ3) is 5.34. The Bertz CT molecular complexity index is 961. The molecule has 2 heterocycles. The minimum absolute atomic E-state index is 0.257. The smallest absolute Gasteiger partial charge is 0.337 e. The van der Waals surface area contributed by atoms with Crippen LogP contribution in [0.1, 0.15) is 19.3 Å². The first-order chi connectivity index (χ1) is 14.8. The molecular weight excluding hydrogens is 380 g/mol. The van der Waals surface area contributed by atoms with Crippen molar-refractivity contribution < 1.29 is 4.79 Å². The van der Waals surface area contributed by atoms with Crippen molar-refractivity contribution in [1.82, 2.24) is 20.4 Å². The van der Waals surface area contributed by atoms with Crippen molar-refractivity contribution in [2.24, 2.45) is 0 Å². The minimum atomic E-state index is -0.418. The standard InChI is InChI=1S/C21H24N8O/c30-21(23-17-12-6-2-7-13-17)28-27-19-24-18(22-16-10-4-1-5-11-16)25-20(26-19)29-14-8-3-9-15-29/h1-2,4-7,10-13H,3,8-9,14-15H2,(H2,23,28,30)(H2,22,24,25,26,27). The van der Waals surface area contributed by atoms with Crippen LogP contribution in [-0.2, 0) is 0 Å². The van der Waals surface area contributed by atoms with Gasteiger partial charge in [-0.3, -0.25) is 5.43 Å². The van der Waals surface area contributed by atoms with E-state index in [0.29, 0.717) is 17.6 Å². The van der Waals surface area contributed by atoms with Crippen LogP contribution in [0.15, 0.2) is 60.7 Å². The highest BCUT2D eigenvalue weighted by atomic mass is 16.2. The van der Waals surface area contributed by atoms with Gasteiger partial charge in [-0.1, -0.05) is 36.4 Å². The van der Waals surface area contributed by atoms with Crippen LogP contribution in [0.3, 0.4) is 0 Å². The maximum Gasteiger partial charge on any atom is 0.337 e. The molecule has 2 aromatic carbocycles. The third-order valence-electron chi connectivity index (χ3n) is 4.61. The molecule has 1 aliphatic rings. The zero-order chi connectivity index (χ0) is 20.6. The molecule has 1 aliphatic heterocycles. The lowest BCUT2D eigenvalue weighted by Gasteiger charge is -2.27. The van der Waals surface area contributed by atoms with Gasteiger partial charge in [0.2, 0.25) is 17.8 Å². The molecule has 0 unspecified atom stereocenters. The van der Waals surface area contributed by atoms with Gasteiger partial charge in [0, 0.05) is 24.5 Å². The molecule has 0 saturated carbocycles. The summed E-state index contributed by atoms with van der Waals surface area (Å²) in [4.78, 5) is 27.8. The van der Waals surface area contributed by atoms with Crippen molar-refractivity contribution in [3.8, 4) is 0 Å². The Labute approximate surface area is 174 Å². The SMILES string of the molecule is O=C(NNc1nc(Nc2ccccc2)nc(N2CCCCC2)n1)Nc1ccccc1. The molecule has 9 nitrogen and oxygen atoms in total. The van der Waals surface area contributed by atoms with Crippen LogP contribution >= 0.6 is 0 Å². The second kappa shape index (κ2) is 9.55. The molecule has 0 aliphatic carbocycles. The number of benzene rings is 2. The molecule has 154 valence electrons. The Kier molecular flexibility index (Phi) is 6.19. The van der Waals surface area contributed by atoms with Crippen molar-refractivity contribution >= 4 is 35.3 Å². The molecule has 1 saturated heterocycles. The fraction of sp³-hybridized carbons (Fsp3) is 0.238. The molecule has 9 heteroatoms. The van der Waals surface area contributed by atoms with Crippen LogP contribution in [-0.4, -0.2) is 34.1 Å². The molecule has 4 rings (SSSR count). The number of hydrazine groups is 1. The van der Waals surface area contributed by atoms with E-state index in [4.69, 9.17) is 0 Å². The van der Waals surface area contributed by atoms with Crippen LogP contribution in [0.2, 0.25) is 0 Å². The predicted octanol–water partition coefficient (Wildman–Crippen LogP) is 3.75. The fourth-order valence-electron chi connectivity index (χ4n) is 3.16. The quantitative estimate of drug-likeness (QED) is 0.464. The summed E-state index contributed by atoms with van der Waals surface area (Å²) in [7, 11) is 0. The number of aromatic nitrogens is 3.